The summed E-state index contributed by atoms with van der Waals surface area (Å²) < 4.78 is 0. The maximum atomic E-state index is 13.1. The van der Waals surface area contributed by atoms with Gasteiger partial charge in [-0.05, 0) is 50.6 Å². The van der Waals surface area contributed by atoms with E-state index in [4.69, 9.17) is 11.6 Å². The molecule has 0 bridgehead atoms. The largest absolute Gasteiger partial charge is 0.325 e. The van der Waals surface area contributed by atoms with E-state index in [1.807, 2.05) is 26.8 Å². The lowest BCUT2D eigenvalue weighted by atomic mass is 9.99. The average molecular weight is 399 g/mol. The highest BCUT2D eigenvalue weighted by molar-refractivity contribution is 6.30. The second kappa shape index (κ2) is 7.76. The highest BCUT2D eigenvalue weighted by Gasteiger charge is 2.47. The third-order valence-corrected chi connectivity index (χ3v) is 4.96. The summed E-state index contributed by atoms with van der Waals surface area (Å²) >= 11 is 5.91. The summed E-state index contributed by atoms with van der Waals surface area (Å²) in [5.74, 6) is -0.860. The van der Waals surface area contributed by atoms with E-state index in [9.17, 15) is 14.4 Å². The fourth-order valence-corrected chi connectivity index (χ4v) is 3.67. The number of carbonyl (C=O) groups is 3. The van der Waals surface area contributed by atoms with Crippen molar-refractivity contribution in [2.75, 3.05) is 4.90 Å². The first kappa shape index (κ1) is 20.1. The van der Waals surface area contributed by atoms with Crippen molar-refractivity contribution >= 4 is 35.0 Å². The van der Waals surface area contributed by atoms with Crippen molar-refractivity contribution in [3.63, 3.8) is 0 Å². The Labute approximate surface area is 169 Å². The summed E-state index contributed by atoms with van der Waals surface area (Å²) in [5, 5.41) is 0.596. The van der Waals surface area contributed by atoms with Crippen LogP contribution in [0.5, 0.6) is 0 Å². The molecule has 1 aliphatic heterocycles. The summed E-state index contributed by atoms with van der Waals surface area (Å²) in [6, 6.07) is 15.0. The van der Waals surface area contributed by atoms with Crippen LogP contribution in [0.25, 0.3) is 0 Å². The van der Waals surface area contributed by atoms with Gasteiger partial charge in [0.25, 0.3) is 5.91 Å². The summed E-state index contributed by atoms with van der Waals surface area (Å²) in [5.41, 5.74) is 0.718. The minimum atomic E-state index is -0.812. The number of hydrogen-bond acceptors (Lipinski definition) is 3. The molecule has 0 saturated carbocycles. The molecule has 3 amide bonds. The minimum absolute atomic E-state index is 0.0165. The van der Waals surface area contributed by atoms with Crippen molar-refractivity contribution in [2.24, 2.45) is 0 Å². The van der Waals surface area contributed by atoms with Gasteiger partial charge in [-0.15, -0.1) is 0 Å². The third kappa shape index (κ3) is 4.09. The molecule has 2 aromatic carbocycles. The highest BCUT2D eigenvalue weighted by Crippen LogP contribution is 2.30. The molecule has 0 N–H and O–H groups in total. The van der Waals surface area contributed by atoms with Crippen LogP contribution in [0.3, 0.4) is 0 Å². The van der Waals surface area contributed by atoms with E-state index in [1.54, 1.807) is 53.4 Å². The molecule has 1 atom stereocenters. The monoisotopic (exact) mass is 398 g/mol. The lowest BCUT2D eigenvalue weighted by Crippen LogP contribution is -2.55. The number of anilines is 1. The number of benzene rings is 2. The molecule has 2 aromatic rings. The maximum absolute atomic E-state index is 13.1. The van der Waals surface area contributed by atoms with E-state index in [-0.39, 0.29) is 30.6 Å². The molecule has 0 radical (unpaired) electrons. The number of para-hydroxylation sites is 1. The van der Waals surface area contributed by atoms with Crippen LogP contribution >= 0.6 is 11.6 Å². The molecule has 146 valence electrons. The predicted molar refractivity (Wildman–Crippen MR) is 109 cm³/mol. The van der Waals surface area contributed by atoms with Crippen LogP contribution in [-0.4, -0.2) is 34.2 Å². The van der Waals surface area contributed by atoms with Crippen LogP contribution in [0.15, 0.2) is 54.6 Å². The van der Waals surface area contributed by atoms with Gasteiger partial charge in [-0.3, -0.25) is 14.4 Å². The number of rotatable bonds is 4. The maximum Gasteiger partial charge on any atom is 0.257 e. The molecule has 1 heterocycles. The van der Waals surface area contributed by atoms with Crippen molar-refractivity contribution in [1.29, 1.82) is 0 Å². The zero-order valence-corrected chi connectivity index (χ0v) is 16.9. The highest BCUT2D eigenvalue weighted by atomic mass is 35.5. The van der Waals surface area contributed by atoms with Gasteiger partial charge in [0.2, 0.25) is 11.8 Å². The first-order valence-electron chi connectivity index (χ1n) is 9.17. The zero-order valence-electron chi connectivity index (χ0n) is 16.2. The standard InChI is InChI=1S/C22H23ClN2O3/c1-22(2,3)25(20(27)13-15-9-11-16(23)12-10-15)18-14-19(26)24(21(18)28)17-7-5-4-6-8-17/h4-12,18H,13-14H2,1-3H3. The van der Waals surface area contributed by atoms with Crippen LogP contribution in [0, 0.1) is 0 Å². The van der Waals surface area contributed by atoms with Crippen LogP contribution in [0.1, 0.15) is 32.8 Å². The second-order valence-corrected chi connectivity index (χ2v) is 8.30. The molecular formula is C22H23ClN2O3. The van der Waals surface area contributed by atoms with E-state index in [0.717, 1.165) is 5.56 Å². The first-order chi connectivity index (χ1) is 13.2. The van der Waals surface area contributed by atoms with Gasteiger partial charge >= 0.3 is 0 Å². The second-order valence-electron chi connectivity index (χ2n) is 7.86. The van der Waals surface area contributed by atoms with Crippen molar-refractivity contribution in [2.45, 2.75) is 45.2 Å². The van der Waals surface area contributed by atoms with E-state index in [1.165, 1.54) is 4.90 Å². The first-order valence-corrected chi connectivity index (χ1v) is 9.55. The van der Waals surface area contributed by atoms with E-state index in [0.29, 0.717) is 10.7 Å². The molecule has 1 aliphatic rings. The van der Waals surface area contributed by atoms with E-state index in [2.05, 4.69) is 0 Å². The molecular weight excluding hydrogens is 376 g/mol. The van der Waals surface area contributed by atoms with Crippen molar-refractivity contribution in [3.8, 4) is 0 Å². The SMILES string of the molecule is CC(C)(C)N(C(=O)Cc1ccc(Cl)cc1)C1CC(=O)N(c2ccccc2)C1=O. The summed E-state index contributed by atoms with van der Waals surface area (Å²) in [6.07, 6.45) is 0.120. The average Bonchev–Trinajstić information content (AvgIpc) is 2.90. The number of hydrogen-bond donors (Lipinski definition) is 0. The molecule has 0 aliphatic carbocycles. The summed E-state index contributed by atoms with van der Waals surface area (Å²) in [4.78, 5) is 41.6. The third-order valence-electron chi connectivity index (χ3n) is 4.71. The Kier molecular flexibility index (Phi) is 5.57. The molecule has 1 fully saturated rings. The van der Waals surface area contributed by atoms with E-state index >= 15 is 0 Å². The Bertz CT molecular complexity index is 888. The fraction of sp³-hybridized carbons (Fsp3) is 0.318. The molecule has 3 rings (SSSR count). The van der Waals surface area contributed by atoms with Gasteiger partial charge in [-0.25, -0.2) is 4.90 Å². The Morgan fingerprint density at radius 2 is 1.68 bits per heavy atom. The van der Waals surface area contributed by atoms with Gasteiger partial charge in [0.1, 0.15) is 6.04 Å². The number of nitrogens with zero attached hydrogens (tertiary/aromatic N) is 2. The Balaban J connectivity index is 1.88. The van der Waals surface area contributed by atoms with Crippen LogP contribution in [0.2, 0.25) is 5.02 Å². The fourth-order valence-electron chi connectivity index (χ4n) is 3.54. The van der Waals surface area contributed by atoms with Gasteiger partial charge in [-0.2, -0.15) is 0 Å². The molecule has 0 spiro atoms. The van der Waals surface area contributed by atoms with Gasteiger partial charge in [-0.1, -0.05) is 41.9 Å². The number of imide groups is 1. The topological polar surface area (TPSA) is 57.7 Å². The van der Waals surface area contributed by atoms with E-state index < -0.39 is 11.6 Å². The van der Waals surface area contributed by atoms with Crippen LogP contribution < -0.4 is 4.90 Å². The minimum Gasteiger partial charge on any atom is -0.325 e. The summed E-state index contributed by atoms with van der Waals surface area (Å²) in [6.45, 7) is 5.61. The van der Waals surface area contributed by atoms with Gasteiger partial charge in [0, 0.05) is 10.6 Å². The quantitative estimate of drug-likeness (QED) is 0.735. The molecule has 6 heteroatoms. The number of halogens is 1. The number of amides is 3. The van der Waals surface area contributed by atoms with Crippen molar-refractivity contribution < 1.29 is 14.4 Å². The molecule has 1 saturated heterocycles. The Morgan fingerprint density at radius 3 is 2.25 bits per heavy atom. The lowest BCUT2D eigenvalue weighted by molar-refractivity contribution is -0.143. The van der Waals surface area contributed by atoms with Crippen molar-refractivity contribution in [3.05, 3.63) is 65.2 Å². The van der Waals surface area contributed by atoms with Crippen molar-refractivity contribution in [1.82, 2.24) is 4.90 Å². The summed E-state index contributed by atoms with van der Waals surface area (Å²) in [7, 11) is 0. The van der Waals surface area contributed by atoms with Gasteiger partial charge in [0.05, 0.1) is 18.5 Å². The molecule has 5 nitrogen and oxygen atoms in total. The molecule has 28 heavy (non-hydrogen) atoms. The normalized spacial score (nSPS) is 17.1. The number of carbonyl (C=O) groups excluding carboxylic acids is 3. The van der Waals surface area contributed by atoms with Gasteiger partial charge in [0.15, 0.2) is 0 Å². The van der Waals surface area contributed by atoms with Gasteiger partial charge < -0.3 is 4.90 Å². The van der Waals surface area contributed by atoms with Crippen LogP contribution in [-0.2, 0) is 20.8 Å². The predicted octanol–water partition coefficient (Wildman–Crippen LogP) is 3.84. The lowest BCUT2D eigenvalue weighted by Gasteiger charge is -2.39. The Hall–Kier alpha value is -2.66. The van der Waals surface area contributed by atoms with Crippen LogP contribution in [0.4, 0.5) is 5.69 Å². The zero-order chi connectivity index (χ0) is 20.5. The Morgan fingerprint density at radius 1 is 1.07 bits per heavy atom. The molecule has 1 unspecified atom stereocenters. The molecule has 0 aromatic heterocycles. The smallest absolute Gasteiger partial charge is 0.257 e.